The summed E-state index contributed by atoms with van der Waals surface area (Å²) in [5.74, 6) is 0. The lowest BCUT2D eigenvalue weighted by Crippen LogP contribution is -2.32. The Labute approximate surface area is 113 Å². The second-order valence-corrected chi connectivity index (χ2v) is 5.05. The van der Waals surface area contributed by atoms with Crippen LogP contribution < -0.4 is 0 Å². The highest BCUT2D eigenvalue weighted by molar-refractivity contribution is 14.1. The lowest BCUT2D eigenvalue weighted by atomic mass is 9.97. The fourth-order valence-corrected chi connectivity index (χ4v) is 2.41. The molecule has 1 aromatic rings. The molecule has 0 radical (unpaired) electrons. The standard InChI is InChI=1S/C14H21IO/c1-4-13(5-2)16-14(3,11-15)12-9-7-6-8-10-12/h6-10,13H,4-5,11H2,1-3H3. The molecule has 0 saturated heterocycles. The highest BCUT2D eigenvalue weighted by Gasteiger charge is 2.28. The Morgan fingerprint density at radius 2 is 1.75 bits per heavy atom. The Balaban J connectivity index is 2.85. The van der Waals surface area contributed by atoms with Gasteiger partial charge >= 0.3 is 0 Å². The zero-order valence-corrected chi connectivity index (χ0v) is 12.5. The van der Waals surface area contributed by atoms with Gasteiger partial charge in [-0.1, -0.05) is 66.8 Å². The fourth-order valence-electron chi connectivity index (χ4n) is 1.79. The van der Waals surface area contributed by atoms with Crippen LogP contribution in [0.15, 0.2) is 30.3 Å². The summed E-state index contributed by atoms with van der Waals surface area (Å²) in [5.41, 5.74) is 1.12. The smallest absolute Gasteiger partial charge is 0.0996 e. The Morgan fingerprint density at radius 3 is 2.19 bits per heavy atom. The summed E-state index contributed by atoms with van der Waals surface area (Å²) < 4.78 is 7.24. The number of hydrogen-bond donors (Lipinski definition) is 0. The molecule has 1 nitrogen and oxygen atoms in total. The molecule has 0 aliphatic carbocycles. The molecule has 1 rings (SSSR count). The van der Waals surface area contributed by atoms with Gasteiger partial charge in [-0.15, -0.1) is 0 Å². The van der Waals surface area contributed by atoms with Gasteiger partial charge in [0.15, 0.2) is 0 Å². The average molecular weight is 332 g/mol. The molecular weight excluding hydrogens is 311 g/mol. The molecule has 2 heteroatoms. The van der Waals surface area contributed by atoms with Gasteiger partial charge in [0.25, 0.3) is 0 Å². The van der Waals surface area contributed by atoms with Crippen LogP contribution in [0.2, 0.25) is 0 Å². The highest BCUT2D eigenvalue weighted by Crippen LogP contribution is 2.30. The van der Waals surface area contributed by atoms with Gasteiger partial charge in [0.1, 0.15) is 0 Å². The van der Waals surface area contributed by atoms with Crippen molar-refractivity contribution in [2.24, 2.45) is 0 Å². The second kappa shape index (κ2) is 6.60. The predicted octanol–water partition coefficient (Wildman–Crippen LogP) is 4.54. The van der Waals surface area contributed by atoms with Crippen molar-refractivity contribution in [3.05, 3.63) is 35.9 Å². The molecular formula is C14H21IO. The normalized spacial score (nSPS) is 15.1. The van der Waals surface area contributed by atoms with Crippen molar-refractivity contribution < 1.29 is 4.74 Å². The van der Waals surface area contributed by atoms with Gasteiger partial charge in [0.2, 0.25) is 0 Å². The maximum Gasteiger partial charge on any atom is 0.0996 e. The van der Waals surface area contributed by atoms with Crippen molar-refractivity contribution in [2.75, 3.05) is 4.43 Å². The van der Waals surface area contributed by atoms with E-state index in [-0.39, 0.29) is 5.60 Å². The number of rotatable bonds is 6. The third kappa shape index (κ3) is 3.45. The molecule has 0 bridgehead atoms. The Morgan fingerprint density at radius 1 is 1.19 bits per heavy atom. The van der Waals surface area contributed by atoms with Crippen LogP contribution >= 0.6 is 22.6 Å². The van der Waals surface area contributed by atoms with E-state index < -0.39 is 0 Å². The summed E-state index contributed by atoms with van der Waals surface area (Å²) in [5, 5.41) is 0. The minimum absolute atomic E-state index is 0.154. The number of hydrogen-bond acceptors (Lipinski definition) is 1. The van der Waals surface area contributed by atoms with Crippen LogP contribution in [0.3, 0.4) is 0 Å². The van der Waals surface area contributed by atoms with Crippen molar-refractivity contribution in [2.45, 2.75) is 45.3 Å². The van der Waals surface area contributed by atoms with E-state index in [9.17, 15) is 0 Å². The van der Waals surface area contributed by atoms with E-state index in [0.29, 0.717) is 6.10 Å². The van der Waals surface area contributed by atoms with Gasteiger partial charge < -0.3 is 4.74 Å². The first-order valence-corrected chi connectivity index (χ1v) is 7.48. The molecule has 0 saturated carbocycles. The van der Waals surface area contributed by atoms with Crippen LogP contribution in [0.25, 0.3) is 0 Å². The quantitative estimate of drug-likeness (QED) is 0.549. The third-order valence-electron chi connectivity index (χ3n) is 2.98. The van der Waals surface area contributed by atoms with E-state index >= 15 is 0 Å². The summed E-state index contributed by atoms with van der Waals surface area (Å²) >= 11 is 2.41. The van der Waals surface area contributed by atoms with Crippen LogP contribution in [-0.4, -0.2) is 10.5 Å². The molecule has 0 aromatic heterocycles. The van der Waals surface area contributed by atoms with E-state index in [1.807, 2.05) is 6.07 Å². The fraction of sp³-hybridized carbons (Fsp3) is 0.571. The van der Waals surface area contributed by atoms with Gasteiger partial charge in [-0.05, 0) is 25.3 Å². The molecule has 0 aliphatic rings. The summed E-state index contributed by atoms with van der Waals surface area (Å²) in [6.07, 6.45) is 2.52. The van der Waals surface area contributed by atoms with Gasteiger partial charge in [0, 0.05) is 4.43 Å². The van der Waals surface area contributed by atoms with Crippen LogP contribution in [0.5, 0.6) is 0 Å². The molecule has 0 amide bonds. The van der Waals surface area contributed by atoms with E-state index in [4.69, 9.17) is 4.74 Å². The van der Waals surface area contributed by atoms with Crippen molar-refractivity contribution >= 4 is 22.6 Å². The lowest BCUT2D eigenvalue weighted by molar-refractivity contribution is -0.0735. The van der Waals surface area contributed by atoms with E-state index in [1.165, 1.54) is 5.56 Å². The summed E-state index contributed by atoms with van der Waals surface area (Å²) in [6, 6.07) is 10.5. The van der Waals surface area contributed by atoms with Crippen molar-refractivity contribution in [1.29, 1.82) is 0 Å². The maximum absolute atomic E-state index is 6.26. The molecule has 1 unspecified atom stereocenters. The van der Waals surface area contributed by atoms with Crippen LogP contribution in [0.4, 0.5) is 0 Å². The Hall–Kier alpha value is -0.0900. The monoisotopic (exact) mass is 332 g/mol. The first kappa shape index (κ1) is 14.0. The molecule has 0 spiro atoms. The number of ether oxygens (including phenoxy) is 1. The highest BCUT2D eigenvalue weighted by atomic mass is 127. The van der Waals surface area contributed by atoms with Crippen LogP contribution in [0, 0.1) is 0 Å². The number of alkyl halides is 1. The zero-order valence-electron chi connectivity index (χ0n) is 10.4. The molecule has 0 N–H and O–H groups in total. The topological polar surface area (TPSA) is 9.23 Å². The molecule has 90 valence electrons. The van der Waals surface area contributed by atoms with Crippen LogP contribution in [0.1, 0.15) is 39.2 Å². The van der Waals surface area contributed by atoms with E-state index in [1.54, 1.807) is 0 Å². The first-order chi connectivity index (χ1) is 7.66. The van der Waals surface area contributed by atoms with E-state index in [2.05, 4.69) is 67.6 Å². The molecule has 0 fully saturated rings. The largest absolute Gasteiger partial charge is 0.367 e. The molecule has 1 aromatic carbocycles. The third-order valence-corrected chi connectivity index (χ3v) is 4.43. The van der Waals surface area contributed by atoms with Crippen LogP contribution in [-0.2, 0) is 10.3 Å². The average Bonchev–Trinajstić information content (AvgIpc) is 2.36. The zero-order chi connectivity index (χ0) is 12.0. The van der Waals surface area contributed by atoms with Gasteiger partial charge in [-0.2, -0.15) is 0 Å². The maximum atomic E-state index is 6.26. The van der Waals surface area contributed by atoms with Crippen molar-refractivity contribution in [1.82, 2.24) is 0 Å². The predicted molar refractivity (Wildman–Crippen MR) is 78.1 cm³/mol. The minimum Gasteiger partial charge on any atom is -0.367 e. The Kier molecular flexibility index (Phi) is 5.76. The minimum atomic E-state index is -0.154. The second-order valence-electron chi connectivity index (χ2n) is 4.29. The van der Waals surface area contributed by atoms with E-state index in [0.717, 1.165) is 17.3 Å². The SMILES string of the molecule is CCC(CC)OC(C)(CI)c1ccccc1. The summed E-state index contributed by atoms with van der Waals surface area (Å²) in [7, 11) is 0. The molecule has 1 atom stereocenters. The van der Waals surface area contributed by atoms with Gasteiger partial charge in [0.05, 0.1) is 11.7 Å². The van der Waals surface area contributed by atoms with Gasteiger partial charge in [-0.25, -0.2) is 0 Å². The first-order valence-electron chi connectivity index (χ1n) is 5.95. The molecule has 16 heavy (non-hydrogen) atoms. The summed E-state index contributed by atoms with van der Waals surface area (Å²) in [6.45, 7) is 6.56. The number of halogens is 1. The van der Waals surface area contributed by atoms with Crippen molar-refractivity contribution in [3.8, 4) is 0 Å². The van der Waals surface area contributed by atoms with Gasteiger partial charge in [-0.3, -0.25) is 0 Å². The molecule has 0 heterocycles. The number of benzene rings is 1. The summed E-state index contributed by atoms with van der Waals surface area (Å²) in [4.78, 5) is 0. The lowest BCUT2D eigenvalue weighted by Gasteiger charge is -2.32. The van der Waals surface area contributed by atoms with Crippen molar-refractivity contribution in [3.63, 3.8) is 0 Å². The Bertz CT molecular complexity index is 295. The molecule has 0 aliphatic heterocycles.